The molecule has 1 aromatic carbocycles. The molecular formula is C15H22N2O2. The van der Waals surface area contributed by atoms with E-state index in [4.69, 9.17) is 4.74 Å². The number of carbonyl (C=O) groups excluding carboxylic acids is 1. The largest absolute Gasteiger partial charge is 0.497 e. The number of ether oxygens (including phenoxy) is 1. The number of carbonyl (C=O) groups is 1. The lowest BCUT2D eigenvalue weighted by Gasteiger charge is -2.33. The van der Waals surface area contributed by atoms with E-state index in [1.807, 2.05) is 29.2 Å². The Bertz CT molecular complexity index is 446. The van der Waals surface area contributed by atoms with E-state index in [0.717, 1.165) is 30.8 Å². The van der Waals surface area contributed by atoms with E-state index in [-0.39, 0.29) is 11.9 Å². The van der Waals surface area contributed by atoms with Gasteiger partial charge in [-0.05, 0) is 25.0 Å². The molecule has 0 aromatic heterocycles. The fourth-order valence-corrected chi connectivity index (χ4v) is 2.47. The minimum Gasteiger partial charge on any atom is -0.497 e. The first kappa shape index (κ1) is 13.9. The van der Waals surface area contributed by atoms with Crippen molar-refractivity contribution in [2.45, 2.75) is 38.8 Å². The summed E-state index contributed by atoms with van der Waals surface area (Å²) in [7, 11) is 1.64. The molecule has 0 spiro atoms. The highest BCUT2D eigenvalue weighted by molar-refractivity contribution is 5.98. The highest BCUT2D eigenvalue weighted by Gasteiger charge is 2.29. The van der Waals surface area contributed by atoms with Gasteiger partial charge in [0.15, 0.2) is 0 Å². The van der Waals surface area contributed by atoms with Crippen molar-refractivity contribution in [1.82, 2.24) is 5.32 Å². The molecule has 1 aliphatic heterocycles. The third-order valence-electron chi connectivity index (χ3n) is 3.34. The zero-order valence-electron chi connectivity index (χ0n) is 11.8. The maximum atomic E-state index is 12.5. The zero-order valence-corrected chi connectivity index (χ0v) is 11.8. The second kappa shape index (κ2) is 6.06. The van der Waals surface area contributed by atoms with Crippen LogP contribution >= 0.6 is 0 Å². The number of amides is 1. The van der Waals surface area contributed by atoms with Gasteiger partial charge in [0.1, 0.15) is 5.75 Å². The SMILES string of the molecule is COc1cccc(N2CCCC(NC(C)C)C2=O)c1. The summed E-state index contributed by atoms with van der Waals surface area (Å²) in [4.78, 5) is 14.3. The number of rotatable bonds is 4. The standard InChI is InChI=1S/C15H22N2O2/c1-11(2)16-14-8-5-9-17(15(14)18)12-6-4-7-13(10-12)19-3/h4,6-7,10-11,14,16H,5,8-9H2,1-3H3. The second-order valence-corrected chi connectivity index (χ2v) is 5.21. The maximum absolute atomic E-state index is 12.5. The molecule has 19 heavy (non-hydrogen) atoms. The number of methoxy groups -OCH3 is 1. The number of hydrogen-bond acceptors (Lipinski definition) is 3. The van der Waals surface area contributed by atoms with Crippen molar-refractivity contribution in [3.63, 3.8) is 0 Å². The smallest absolute Gasteiger partial charge is 0.244 e. The molecule has 1 fully saturated rings. The number of nitrogens with one attached hydrogen (secondary N) is 1. The van der Waals surface area contributed by atoms with Crippen LogP contribution in [0.3, 0.4) is 0 Å². The van der Waals surface area contributed by atoms with Gasteiger partial charge in [0, 0.05) is 24.3 Å². The Morgan fingerprint density at radius 2 is 2.21 bits per heavy atom. The Kier molecular flexibility index (Phi) is 4.43. The highest BCUT2D eigenvalue weighted by atomic mass is 16.5. The van der Waals surface area contributed by atoms with Crippen molar-refractivity contribution in [2.75, 3.05) is 18.6 Å². The minimum absolute atomic E-state index is 0.0695. The second-order valence-electron chi connectivity index (χ2n) is 5.21. The van der Waals surface area contributed by atoms with Gasteiger partial charge in [0.05, 0.1) is 13.2 Å². The van der Waals surface area contributed by atoms with Gasteiger partial charge in [0.25, 0.3) is 0 Å². The van der Waals surface area contributed by atoms with Crippen molar-refractivity contribution < 1.29 is 9.53 Å². The summed E-state index contributed by atoms with van der Waals surface area (Å²) < 4.78 is 5.22. The topological polar surface area (TPSA) is 41.6 Å². The van der Waals surface area contributed by atoms with Crippen LogP contribution in [0.4, 0.5) is 5.69 Å². The molecule has 0 radical (unpaired) electrons. The number of benzene rings is 1. The van der Waals surface area contributed by atoms with Gasteiger partial charge in [0.2, 0.25) is 5.91 Å². The lowest BCUT2D eigenvalue weighted by molar-refractivity contribution is -0.121. The van der Waals surface area contributed by atoms with E-state index in [1.54, 1.807) is 7.11 Å². The number of anilines is 1. The first-order valence-electron chi connectivity index (χ1n) is 6.83. The number of hydrogen-bond donors (Lipinski definition) is 1. The van der Waals surface area contributed by atoms with Gasteiger partial charge < -0.3 is 15.0 Å². The lowest BCUT2D eigenvalue weighted by atomic mass is 10.0. The van der Waals surface area contributed by atoms with Crippen molar-refractivity contribution in [1.29, 1.82) is 0 Å². The normalized spacial score (nSPS) is 19.9. The van der Waals surface area contributed by atoms with Crippen LogP contribution < -0.4 is 15.0 Å². The average molecular weight is 262 g/mol. The van der Waals surface area contributed by atoms with Crippen molar-refractivity contribution in [3.05, 3.63) is 24.3 Å². The van der Waals surface area contributed by atoms with Crippen LogP contribution in [0, 0.1) is 0 Å². The fourth-order valence-electron chi connectivity index (χ4n) is 2.47. The van der Waals surface area contributed by atoms with Gasteiger partial charge in [-0.3, -0.25) is 4.79 Å². The Labute approximate surface area is 114 Å². The first-order chi connectivity index (χ1) is 9.11. The molecule has 4 nitrogen and oxygen atoms in total. The molecule has 1 atom stereocenters. The lowest BCUT2D eigenvalue weighted by Crippen LogP contribution is -2.52. The van der Waals surface area contributed by atoms with E-state index in [9.17, 15) is 4.79 Å². The molecule has 104 valence electrons. The summed E-state index contributed by atoms with van der Waals surface area (Å²) in [6.45, 7) is 4.91. The molecule has 1 aromatic rings. The summed E-state index contributed by atoms with van der Waals surface area (Å²) in [6, 6.07) is 7.93. The van der Waals surface area contributed by atoms with Gasteiger partial charge in [-0.15, -0.1) is 0 Å². The quantitative estimate of drug-likeness (QED) is 0.904. The van der Waals surface area contributed by atoms with Crippen LogP contribution in [-0.4, -0.2) is 31.6 Å². The molecular weight excluding hydrogens is 240 g/mol. The van der Waals surface area contributed by atoms with E-state index >= 15 is 0 Å². The summed E-state index contributed by atoms with van der Waals surface area (Å²) >= 11 is 0. The van der Waals surface area contributed by atoms with E-state index in [2.05, 4.69) is 19.2 Å². The molecule has 1 amide bonds. The number of nitrogens with zero attached hydrogens (tertiary/aromatic N) is 1. The van der Waals surface area contributed by atoms with Crippen LogP contribution in [0.5, 0.6) is 5.75 Å². The third-order valence-corrected chi connectivity index (χ3v) is 3.34. The minimum atomic E-state index is -0.0695. The molecule has 1 heterocycles. The third kappa shape index (κ3) is 3.26. The van der Waals surface area contributed by atoms with Gasteiger partial charge in [-0.1, -0.05) is 19.9 Å². The molecule has 2 rings (SSSR count). The van der Waals surface area contributed by atoms with Gasteiger partial charge >= 0.3 is 0 Å². The summed E-state index contributed by atoms with van der Waals surface area (Å²) in [5.74, 6) is 0.942. The molecule has 4 heteroatoms. The monoisotopic (exact) mass is 262 g/mol. The Morgan fingerprint density at radius 3 is 2.89 bits per heavy atom. The van der Waals surface area contributed by atoms with Crippen molar-refractivity contribution in [3.8, 4) is 5.75 Å². The van der Waals surface area contributed by atoms with Gasteiger partial charge in [-0.2, -0.15) is 0 Å². The predicted octanol–water partition coefficient (Wildman–Crippen LogP) is 2.19. The molecule has 1 unspecified atom stereocenters. The molecule has 0 bridgehead atoms. The molecule has 1 saturated heterocycles. The Balaban J connectivity index is 2.16. The van der Waals surface area contributed by atoms with Crippen LogP contribution in [0.15, 0.2) is 24.3 Å². The summed E-state index contributed by atoms with van der Waals surface area (Å²) in [5, 5.41) is 3.34. The van der Waals surface area contributed by atoms with Crippen LogP contribution in [0.2, 0.25) is 0 Å². The molecule has 0 saturated carbocycles. The summed E-state index contributed by atoms with van der Waals surface area (Å²) in [6.07, 6.45) is 1.94. The van der Waals surface area contributed by atoms with Crippen molar-refractivity contribution >= 4 is 11.6 Å². The maximum Gasteiger partial charge on any atom is 0.244 e. The van der Waals surface area contributed by atoms with Crippen LogP contribution in [0.1, 0.15) is 26.7 Å². The van der Waals surface area contributed by atoms with Crippen LogP contribution in [0.25, 0.3) is 0 Å². The first-order valence-corrected chi connectivity index (χ1v) is 6.83. The fraction of sp³-hybridized carbons (Fsp3) is 0.533. The molecule has 1 N–H and O–H groups in total. The number of piperidine rings is 1. The average Bonchev–Trinajstić information content (AvgIpc) is 2.41. The van der Waals surface area contributed by atoms with E-state index in [1.165, 1.54) is 0 Å². The van der Waals surface area contributed by atoms with Gasteiger partial charge in [-0.25, -0.2) is 0 Å². The van der Waals surface area contributed by atoms with Crippen LogP contribution in [-0.2, 0) is 4.79 Å². The van der Waals surface area contributed by atoms with E-state index in [0.29, 0.717) is 6.04 Å². The Hall–Kier alpha value is -1.55. The zero-order chi connectivity index (χ0) is 13.8. The molecule has 0 aliphatic carbocycles. The Morgan fingerprint density at radius 1 is 1.42 bits per heavy atom. The highest BCUT2D eigenvalue weighted by Crippen LogP contribution is 2.25. The molecule has 1 aliphatic rings. The summed E-state index contributed by atoms with van der Waals surface area (Å²) in [5.41, 5.74) is 0.916. The van der Waals surface area contributed by atoms with Crippen molar-refractivity contribution in [2.24, 2.45) is 0 Å². The predicted molar refractivity (Wildman–Crippen MR) is 76.6 cm³/mol. The van der Waals surface area contributed by atoms with E-state index < -0.39 is 0 Å².